The van der Waals surface area contributed by atoms with Crippen LogP contribution in [-0.4, -0.2) is 33.9 Å². The molecule has 0 amide bonds. The summed E-state index contributed by atoms with van der Waals surface area (Å²) in [6, 6.07) is 14.8. The maximum Gasteiger partial charge on any atom is 0.231 e. The van der Waals surface area contributed by atoms with Gasteiger partial charge in [-0.25, -0.2) is 0 Å². The van der Waals surface area contributed by atoms with Gasteiger partial charge < -0.3 is 37.6 Å². The number of hydrogen-bond acceptors (Lipinski definition) is 9. The van der Waals surface area contributed by atoms with Gasteiger partial charge in [-0.1, -0.05) is 30.3 Å². The molecule has 1 fully saturated rings. The van der Waals surface area contributed by atoms with Crippen LogP contribution in [0.1, 0.15) is 24.8 Å². The zero-order valence-corrected chi connectivity index (χ0v) is 21.7. The molecule has 0 radical (unpaired) electrons. The first-order chi connectivity index (χ1) is 19.2. The van der Waals surface area contributed by atoms with Crippen molar-refractivity contribution in [3.05, 3.63) is 70.6 Å². The number of ether oxygens (including phenoxy) is 7. The fraction of sp³-hybridized carbons (Fsp3) is 0.300. The van der Waals surface area contributed by atoms with Crippen molar-refractivity contribution >= 4 is 11.0 Å². The molecule has 3 heterocycles. The molecule has 2 aliphatic rings. The van der Waals surface area contributed by atoms with Crippen molar-refractivity contribution in [3.63, 3.8) is 0 Å². The molecule has 0 saturated carbocycles. The molecular formula is C30H28O9. The van der Waals surface area contributed by atoms with Crippen molar-refractivity contribution in [1.82, 2.24) is 0 Å². The predicted molar refractivity (Wildman–Crippen MR) is 142 cm³/mol. The first-order valence-corrected chi connectivity index (χ1v) is 12.8. The Morgan fingerprint density at radius 2 is 1.74 bits per heavy atom. The van der Waals surface area contributed by atoms with Crippen molar-refractivity contribution < 1.29 is 37.6 Å². The van der Waals surface area contributed by atoms with Gasteiger partial charge >= 0.3 is 0 Å². The number of rotatable bonds is 8. The summed E-state index contributed by atoms with van der Waals surface area (Å²) < 4.78 is 46.4. The molecule has 1 atom stereocenters. The van der Waals surface area contributed by atoms with Crippen LogP contribution >= 0.6 is 0 Å². The Morgan fingerprint density at radius 1 is 0.897 bits per heavy atom. The van der Waals surface area contributed by atoms with E-state index in [2.05, 4.69) is 0 Å². The SMILES string of the molecule is COc1cc(-c2coc3cc(OCc4ccccc4)c(OC4CCCCO4)cc3c2=O)c(OC)c2c1OCO2. The quantitative estimate of drug-likeness (QED) is 0.284. The van der Waals surface area contributed by atoms with Crippen molar-refractivity contribution in [2.24, 2.45) is 0 Å². The lowest BCUT2D eigenvalue weighted by Gasteiger charge is -2.24. The molecule has 202 valence electrons. The van der Waals surface area contributed by atoms with Crippen LogP contribution in [0.2, 0.25) is 0 Å². The lowest BCUT2D eigenvalue weighted by molar-refractivity contribution is -0.106. The number of fused-ring (bicyclic) bond motifs is 2. The molecule has 9 heteroatoms. The average molecular weight is 533 g/mol. The molecule has 0 spiro atoms. The summed E-state index contributed by atoms with van der Waals surface area (Å²) in [5.74, 6) is 2.43. The maximum atomic E-state index is 13.9. The van der Waals surface area contributed by atoms with E-state index in [0.29, 0.717) is 64.2 Å². The molecule has 1 unspecified atom stereocenters. The van der Waals surface area contributed by atoms with Crippen LogP contribution in [0.3, 0.4) is 0 Å². The molecule has 0 aliphatic carbocycles. The van der Waals surface area contributed by atoms with E-state index in [0.717, 1.165) is 24.8 Å². The number of hydrogen-bond donors (Lipinski definition) is 0. The summed E-state index contributed by atoms with van der Waals surface area (Å²) in [4.78, 5) is 13.9. The predicted octanol–water partition coefficient (Wildman–Crippen LogP) is 5.69. The molecule has 2 aliphatic heterocycles. The van der Waals surface area contributed by atoms with Gasteiger partial charge in [0.25, 0.3) is 0 Å². The fourth-order valence-corrected chi connectivity index (χ4v) is 4.78. The van der Waals surface area contributed by atoms with E-state index in [1.54, 1.807) is 18.2 Å². The summed E-state index contributed by atoms with van der Waals surface area (Å²) in [5.41, 5.74) is 1.80. The molecular weight excluding hydrogens is 504 g/mol. The topological polar surface area (TPSA) is 94.8 Å². The van der Waals surface area contributed by atoms with Crippen LogP contribution in [0.15, 0.2) is 64.0 Å². The van der Waals surface area contributed by atoms with Crippen LogP contribution < -0.4 is 33.8 Å². The van der Waals surface area contributed by atoms with Gasteiger partial charge in [0, 0.05) is 18.1 Å². The lowest BCUT2D eigenvalue weighted by atomic mass is 10.0. The minimum absolute atomic E-state index is 0.0214. The van der Waals surface area contributed by atoms with Gasteiger partial charge in [0.15, 0.2) is 29.3 Å². The molecule has 0 bridgehead atoms. The van der Waals surface area contributed by atoms with E-state index in [-0.39, 0.29) is 17.8 Å². The Labute approximate surface area is 224 Å². The van der Waals surface area contributed by atoms with E-state index in [1.165, 1.54) is 20.5 Å². The molecule has 3 aromatic carbocycles. The highest BCUT2D eigenvalue weighted by Gasteiger charge is 2.29. The van der Waals surface area contributed by atoms with Crippen molar-refractivity contribution in [2.45, 2.75) is 32.2 Å². The minimum atomic E-state index is -0.427. The smallest absolute Gasteiger partial charge is 0.231 e. The molecule has 4 aromatic rings. The van der Waals surface area contributed by atoms with Gasteiger partial charge in [-0.15, -0.1) is 0 Å². The summed E-state index contributed by atoms with van der Waals surface area (Å²) in [6.45, 7) is 0.967. The highest BCUT2D eigenvalue weighted by molar-refractivity contribution is 5.87. The summed E-state index contributed by atoms with van der Waals surface area (Å²) in [7, 11) is 3.02. The van der Waals surface area contributed by atoms with Crippen molar-refractivity contribution in [1.29, 1.82) is 0 Å². The Bertz CT molecular complexity index is 1540. The number of methoxy groups -OCH3 is 2. The Hall–Kier alpha value is -4.37. The maximum absolute atomic E-state index is 13.9. The minimum Gasteiger partial charge on any atom is -0.493 e. The standard InChI is InChI=1S/C30H28O9/c1-32-25-12-19(28(33-2)30-29(25)37-17-38-30)21-16-36-22-14-23(35-15-18-8-4-3-5-9-18)24(13-20(22)27(21)31)39-26-10-6-7-11-34-26/h3-5,8-9,12-14,16,26H,6-7,10-11,15,17H2,1-2H3. The summed E-state index contributed by atoms with van der Waals surface area (Å²) in [5, 5.41) is 0.323. The van der Waals surface area contributed by atoms with Crippen LogP contribution in [0.25, 0.3) is 22.1 Å². The zero-order chi connectivity index (χ0) is 26.8. The fourth-order valence-electron chi connectivity index (χ4n) is 4.78. The molecule has 0 N–H and O–H groups in total. The second kappa shape index (κ2) is 10.8. The van der Waals surface area contributed by atoms with E-state index in [9.17, 15) is 4.79 Å². The third-order valence-electron chi connectivity index (χ3n) is 6.75. The monoisotopic (exact) mass is 532 g/mol. The van der Waals surface area contributed by atoms with Gasteiger partial charge in [0.2, 0.25) is 23.7 Å². The second-order valence-corrected chi connectivity index (χ2v) is 9.19. The Balaban J connectivity index is 1.44. The van der Waals surface area contributed by atoms with Crippen molar-refractivity contribution in [2.75, 3.05) is 27.6 Å². The Morgan fingerprint density at radius 3 is 2.51 bits per heavy atom. The zero-order valence-electron chi connectivity index (χ0n) is 21.7. The van der Waals surface area contributed by atoms with Gasteiger partial charge in [-0.05, 0) is 30.5 Å². The van der Waals surface area contributed by atoms with Gasteiger partial charge in [0.1, 0.15) is 18.5 Å². The van der Waals surface area contributed by atoms with E-state index >= 15 is 0 Å². The first-order valence-electron chi connectivity index (χ1n) is 12.8. The third-order valence-corrected chi connectivity index (χ3v) is 6.75. The van der Waals surface area contributed by atoms with E-state index < -0.39 is 6.29 Å². The highest BCUT2D eigenvalue weighted by Crippen LogP contribution is 2.52. The molecule has 39 heavy (non-hydrogen) atoms. The van der Waals surface area contributed by atoms with E-state index in [1.807, 2.05) is 30.3 Å². The van der Waals surface area contributed by atoms with E-state index in [4.69, 9.17) is 37.6 Å². The highest BCUT2D eigenvalue weighted by atomic mass is 16.7. The van der Waals surface area contributed by atoms with Crippen LogP contribution in [0, 0.1) is 0 Å². The normalized spacial score (nSPS) is 16.2. The van der Waals surface area contributed by atoms with Crippen molar-refractivity contribution in [3.8, 4) is 45.6 Å². The molecule has 1 aromatic heterocycles. The van der Waals surface area contributed by atoms with Crippen LogP contribution in [-0.2, 0) is 11.3 Å². The molecule has 9 nitrogen and oxygen atoms in total. The Kier molecular flexibility index (Phi) is 6.89. The average Bonchev–Trinajstić information content (AvgIpc) is 3.47. The van der Waals surface area contributed by atoms with Gasteiger partial charge in [0.05, 0.1) is 31.8 Å². The lowest BCUT2D eigenvalue weighted by Crippen LogP contribution is -2.25. The largest absolute Gasteiger partial charge is 0.493 e. The first kappa shape index (κ1) is 24.9. The van der Waals surface area contributed by atoms with Gasteiger partial charge in [-0.2, -0.15) is 0 Å². The summed E-state index contributed by atoms with van der Waals surface area (Å²) in [6.07, 6.45) is 3.71. The molecule has 6 rings (SSSR count). The summed E-state index contributed by atoms with van der Waals surface area (Å²) >= 11 is 0. The van der Waals surface area contributed by atoms with Crippen LogP contribution in [0.5, 0.6) is 34.5 Å². The van der Waals surface area contributed by atoms with Crippen LogP contribution in [0.4, 0.5) is 0 Å². The third kappa shape index (κ3) is 4.81. The second-order valence-electron chi connectivity index (χ2n) is 9.19. The number of benzene rings is 3. The van der Waals surface area contributed by atoms with Gasteiger partial charge in [-0.3, -0.25) is 4.79 Å². The molecule has 1 saturated heterocycles.